The van der Waals surface area contributed by atoms with E-state index in [4.69, 9.17) is 10.5 Å². The van der Waals surface area contributed by atoms with Gasteiger partial charge in [0, 0.05) is 10.9 Å². The molecule has 0 amide bonds. The van der Waals surface area contributed by atoms with Crippen LogP contribution in [0, 0.1) is 6.92 Å². The smallest absolute Gasteiger partial charge is 0.305 e. The average molecular weight is 302 g/mol. The third-order valence-electron chi connectivity index (χ3n) is 2.27. The van der Waals surface area contributed by atoms with Crippen molar-refractivity contribution >= 4 is 27.6 Å². The van der Waals surface area contributed by atoms with Crippen LogP contribution in [0.15, 0.2) is 16.6 Å². The number of aryl methyl sites for hydroxylation is 1. The summed E-state index contributed by atoms with van der Waals surface area (Å²) in [5.74, 6) is 0.451. The van der Waals surface area contributed by atoms with Crippen LogP contribution in [0.5, 0.6) is 5.75 Å². The van der Waals surface area contributed by atoms with Gasteiger partial charge in [-0.25, -0.2) is 0 Å². The molecule has 0 spiro atoms. The van der Waals surface area contributed by atoms with Gasteiger partial charge in [0.15, 0.2) is 0 Å². The molecule has 0 radical (unpaired) electrons. The first-order valence-corrected chi connectivity index (χ1v) is 6.09. The molecule has 0 aliphatic heterocycles. The Kier molecular flexibility index (Phi) is 5.28. The summed E-state index contributed by atoms with van der Waals surface area (Å²) >= 11 is 3.36. The predicted molar refractivity (Wildman–Crippen MR) is 70.0 cm³/mol. The van der Waals surface area contributed by atoms with Crippen molar-refractivity contribution in [3.8, 4) is 5.75 Å². The van der Waals surface area contributed by atoms with Gasteiger partial charge in [0.1, 0.15) is 5.75 Å². The van der Waals surface area contributed by atoms with Crippen molar-refractivity contribution < 1.29 is 14.3 Å². The highest BCUT2D eigenvalue weighted by atomic mass is 79.9. The van der Waals surface area contributed by atoms with Gasteiger partial charge in [-0.05, 0) is 31.0 Å². The molecule has 4 nitrogen and oxygen atoms in total. The number of carbonyl (C=O) groups is 1. The molecule has 0 aliphatic carbocycles. The van der Waals surface area contributed by atoms with Crippen molar-refractivity contribution in [1.29, 1.82) is 0 Å². The van der Waals surface area contributed by atoms with Gasteiger partial charge >= 0.3 is 5.97 Å². The molecule has 5 heteroatoms. The average Bonchev–Trinajstić information content (AvgIpc) is 2.26. The minimum absolute atomic E-state index is 0.228. The number of nitrogen functional groups attached to an aromatic ring is 1. The van der Waals surface area contributed by atoms with Crippen LogP contribution in [0.1, 0.15) is 18.4 Å². The Morgan fingerprint density at radius 1 is 1.47 bits per heavy atom. The standard InChI is InChI=1S/C12H16BrNO3/c1-8-6-9(13)7-10(14)12(8)17-5-3-4-11(15)16-2/h6-7H,3-5,14H2,1-2H3. The Morgan fingerprint density at radius 3 is 2.76 bits per heavy atom. The second kappa shape index (κ2) is 6.49. The van der Waals surface area contributed by atoms with E-state index in [2.05, 4.69) is 20.7 Å². The van der Waals surface area contributed by atoms with Crippen molar-refractivity contribution in [1.82, 2.24) is 0 Å². The number of halogens is 1. The number of carbonyl (C=O) groups excluding carboxylic acids is 1. The fraction of sp³-hybridized carbons (Fsp3) is 0.417. The number of benzene rings is 1. The summed E-state index contributed by atoms with van der Waals surface area (Å²) in [6.07, 6.45) is 0.966. The summed E-state index contributed by atoms with van der Waals surface area (Å²) in [4.78, 5) is 10.9. The first-order chi connectivity index (χ1) is 8.04. The Morgan fingerprint density at radius 2 is 2.18 bits per heavy atom. The molecule has 0 aromatic heterocycles. The number of methoxy groups -OCH3 is 1. The lowest BCUT2D eigenvalue weighted by molar-refractivity contribution is -0.140. The maximum Gasteiger partial charge on any atom is 0.305 e. The van der Waals surface area contributed by atoms with Crippen molar-refractivity contribution in [3.05, 3.63) is 22.2 Å². The SMILES string of the molecule is COC(=O)CCCOc1c(C)cc(Br)cc1N. The van der Waals surface area contributed by atoms with Gasteiger partial charge in [0.05, 0.1) is 19.4 Å². The first-order valence-electron chi connectivity index (χ1n) is 5.30. The molecule has 0 atom stereocenters. The van der Waals surface area contributed by atoms with Gasteiger partial charge in [-0.1, -0.05) is 15.9 Å². The Balaban J connectivity index is 2.50. The summed E-state index contributed by atoms with van der Waals surface area (Å²) in [6.45, 7) is 2.37. The van der Waals surface area contributed by atoms with Gasteiger partial charge in [0.25, 0.3) is 0 Å². The Hall–Kier alpha value is -1.23. The quantitative estimate of drug-likeness (QED) is 0.516. The van der Waals surface area contributed by atoms with Crippen LogP contribution in [0.25, 0.3) is 0 Å². The highest BCUT2D eigenvalue weighted by Crippen LogP contribution is 2.30. The summed E-state index contributed by atoms with van der Waals surface area (Å²) in [5, 5.41) is 0. The van der Waals surface area contributed by atoms with Gasteiger partial charge in [-0.3, -0.25) is 4.79 Å². The molecule has 1 rings (SSSR count). The lowest BCUT2D eigenvalue weighted by Gasteiger charge is -2.12. The van der Waals surface area contributed by atoms with E-state index in [1.54, 1.807) is 6.07 Å². The maximum atomic E-state index is 10.9. The number of rotatable bonds is 5. The summed E-state index contributed by atoms with van der Waals surface area (Å²) < 4.78 is 11.0. The van der Waals surface area contributed by atoms with Crippen LogP contribution in [-0.4, -0.2) is 19.7 Å². The molecule has 2 N–H and O–H groups in total. The zero-order valence-corrected chi connectivity index (χ0v) is 11.5. The number of hydrogen-bond donors (Lipinski definition) is 1. The summed E-state index contributed by atoms with van der Waals surface area (Å²) in [5.41, 5.74) is 7.40. The van der Waals surface area contributed by atoms with Crippen molar-refractivity contribution in [2.45, 2.75) is 19.8 Å². The molecule has 0 saturated carbocycles. The van der Waals surface area contributed by atoms with E-state index in [-0.39, 0.29) is 5.97 Å². The molecule has 0 bridgehead atoms. The fourth-order valence-electron chi connectivity index (χ4n) is 1.45. The van der Waals surface area contributed by atoms with E-state index in [1.165, 1.54) is 7.11 Å². The van der Waals surface area contributed by atoms with E-state index in [9.17, 15) is 4.79 Å². The number of hydrogen-bond acceptors (Lipinski definition) is 4. The van der Waals surface area contributed by atoms with Gasteiger partial charge < -0.3 is 15.2 Å². The maximum absolute atomic E-state index is 10.9. The molecule has 0 aliphatic rings. The third-order valence-corrected chi connectivity index (χ3v) is 2.73. The predicted octanol–water partition coefficient (Wildman–Crippen LogP) is 2.67. The molecule has 17 heavy (non-hydrogen) atoms. The molecule has 0 heterocycles. The highest BCUT2D eigenvalue weighted by molar-refractivity contribution is 9.10. The van der Waals surface area contributed by atoms with Crippen LogP contribution in [0.3, 0.4) is 0 Å². The molecular weight excluding hydrogens is 286 g/mol. The van der Waals surface area contributed by atoms with E-state index < -0.39 is 0 Å². The van der Waals surface area contributed by atoms with Crippen LogP contribution < -0.4 is 10.5 Å². The lowest BCUT2D eigenvalue weighted by Crippen LogP contribution is -2.06. The van der Waals surface area contributed by atoms with Crippen molar-refractivity contribution in [2.75, 3.05) is 19.5 Å². The monoisotopic (exact) mass is 301 g/mol. The van der Waals surface area contributed by atoms with Crippen LogP contribution in [0.2, 0.25) is 0 Å². The largest absolute Gasteiger partial charge is 0.491 e. The van der Waals surface area contributed by atoms with Crippen LogP contribution in [-0.2, 0) is 9.53 Å². The number of nitrogens with two attached hydrogens (primary N) is 1. The Bertz CT molecular complexity index is 384. The molecule has 94 valence electrons. The van der Waals surface area contributed by atoms with Gasteiger partial charge in [-0.2, -0.15) is 0 Å². The zero-order valence-electron chi connectivity index (χ0n) is 9.96. The normalized spacial score (nSPS) is 10.1. The molecule has 1 aromatic carbocycles. The summed E-state index contributed by atoms with van der Waals surface area (Å²) in [7, 11) is 1.38. The van der Waals surface area contributed by atoms with E-state index in [0.717, 1.165) is 10.0 Å². The highest BCUT2D eigenvalue weighted by Gasteiger charge is 2.07. The van der Waals surface area contributed by atoms with Gasteiger partial charge in [-0.15, -0.1) is 0 Å². The minimum Gasteiger partial charge on any atom is -0.491 e. The topological polar surface area (TPSA) is 61.5 Å². The van der Waals surface area contributed by atoms with Crippen molar-refractivity contribution in [3.63, 3.8) is 0 Å². The third kappa shape index (κ3) is 4.26. The fourth-order valence-corrected chi connectivity index (χ4v) is 2.04. The zero-order chi connectivity index (χ0) is 12.8. The van der Waals surface area contributed by atoms with Gasteiger partial charge in [0.2, 0.25) is 0 Å². The molecule has 0 saturated heterocycles. The lowest BCUT2D eigenvalue weighted by atomic mass is 10.2. The number of esters is 1. The van der Waals surface area contributed by atoms with Crippen LogP contribution >= 0.6 is 15.9 Å². The summed E-state index contributed by atoms with van der Waals surface area (Å²) in [6, 6.07) is 3.73. The van der Waals surface area contributed by atoms with E-state index in [0.29, 0.717) is 30.9 Å². The molecular formula is C12H16BrNO3. The van der Waals surface area contributed by atoms with Crippen LogP contribution in [0.4, 0.5) is 5.69 Å². The number of anilines is 1. The van der Waals surface area contributed by atoms with Crippen molar-refractivity contribution in [2.24, 2.45) is 0 Å². The molecule has 0 fully saturated rings. The molecule has 0 unspecified atom stereocenters. The van der Waals surface area contributed by atoms with E-state index in [1.807, 2.05) is 13.0 Å². The Labute approximate surface area is 109 Å². The minimum atomic E-state index is -0.228. The second-order valence-corrected chi connectivity index (χ2v) is 4.58. The van der Waals surface area contributed by atoms with E-state index >= 15 is 0 Å². The number of ether oxygens (including phenoxy) is 2. The first kappa shape index (κ1) is 13.8. The molecule has 1 aromatic rings. The second-order valence-electron chi connectivity index (χ2n) is 3.67.